The number of pyridine rings is 1. The Bertz CT molecular complexity index is 1130. The SMILES string of the molecule is CCN(CC)c1ccc(-n2c(C)cc(C3C(c4ccccn4)NC(=S)N3CCN(C)C)c2C)cc1. The molecule has 3 heterocycles. The standard InChI is InChI=1S/C28H38N6S/c1-7-32(8-2)22-12-14-23(15-13-22)34-20(3)19-24(21(34)4)27-26(25-11-9-10-16-29-25)30-28(35)33(27)18-17-31(5)6/h9-16,19,26-27H,7-8,17-18H2,1-6H3,(H,30,35). The molecule has 2 atom stereocenters. The fraction of sp³-hybridized carbons (Fsp3) is 0.429. The normalized spacial score (nSPS) is 17.8. The number of aryl methyl sites for hydroxylation is 1. The van der Waals surface area contributed by atoms with E-state index in [4.69, 9.17) is 12.2 Å². The molecular weight excluding hydrogens is 452 g/mol. The van der Waals surface area contributed by atoms with Gasteiger partial charge in [-0.1, -0.05) is 6.07 Å². The molecule has 6 nitrogen and oxygen atoms in total. The first-order valence-electron chi connectivity index (χ1n) is 12.5. The van der Waals surface area contributed by atoms with Crippen LogP contribution in [0.1, 0.15) is 48.6 Å². The lowest BCUT2D eigenvalue weighted by atomic mass is 9.96. The third-order valence-corrected chi connectivity index (χ3v) is 7.36. The zero-order valence-electron chi connectivity index (χ0n) is 21.8. The van der Waals surface area contributed by atoms with E-state index in [9.17, 15) is 0 Å². The Kier molecular flexibility index (Phi) is 7.77. The van der Waals surface area contributed by atoms with E-state index in [1.807, 2.05) is 18.3 Å². The molecule has 1 aliphatic rings. The van der Waals surface area contributed by atoms with Crippen molar-refractivity contribution in [3.8, 4) is 5.69 Å². The molecule has 0 bridgehead atoms. The molecule has 2 unspecified atom stereocenters. The average molecular weight is 491 g/mol. The van der Waals surface area contributed by atoms with E-state index < -0.39 is 0 Å². The summed E-state index contributed by atoms with van der Waals surface area (Å²) < 4.78 is 2.36. The first-order chi connectivity index (χ1) is 16.8. The average Bonchev–Trinajstić information content (AvgIpc) is 3.34. The van der Waals surface area contributed by atoms with Gasteiger partial charge in [-0.3, -0.25) is 4.98 Å². The van der Waals surface area contributed by atoms with Crippen LogP contribution < -0.4 is 10.2 Å². The van der Waals surface area contributed by atoms with E-state index in [0.29, 0.717) is 0 Å². The summed E-state index contributed by atoms with van der Waals surface area (Å²) in [5.74, 6) is 0. The van der Waals surface area contributed by atoms with Gasteiger partial charge in [0.15, 0.2) is 5.11 Å². The number of likely N-dealkylation sites (N-methyl/N-ethyl adjacent to an activating group) is 1. The Balaban J connectivity index is 1.75. The zero-order chi connectivity index (χ0) is 25.1. The number of aromatic nitrogens is 2. The maximum Gasteiger partial charge on any atom is 0.170 e. The van der Waals surface area contributed by atoms with Crippen molar-refractivity contribution in [3.05, 3.63) is 77.4 Å². The highest BCUT2D eigenvalue weighted by Gasteiger charge is 2.41. The monoisotopic (exact) mass is 490 g/mol. The van der Waals surface area contributed by atoms with Gasteiger partial charge in [-0.2, -0.15) is 0 Å². The molecule has 1 aliphatic heterocycles. The van der Waals surface area contributed by atoms with Crippen LogP contribution in [0.15, 0.2) is 54.7 Å². The molecule has 1 saturated heterocycles. The second-order valence-electron chi connectivity index (χ2n) is 9.47. The summed E-state index contributed by atoms with van der Waals surface area (Å²) in [6.07, 6.45) is 1.86. The molecule has 0 spiro atoms. The van der Waals surface area contributed by atoms with Crippen molar-refractivity contribution in [1.82, 2.24) is 24.7 Å². The number of nitrogens with zero attached hydrogens (tertiary/aromatic N) is 5. The summed E-state index contributed by atoms with van der Waals surface area (Å²) in [5.41, 5.74) is 7.21. The highest BCUT2D eigenvalue weighted by atomic mass is 32.1. The van der Waals surface area contributed by atoms with Crippen LogP contribution >= 0.6 is 12.2 Å². The maximum absolute atomic E-state index is 5.84. The summed E-state index contributed by atoms with van der Waals surface area (Å²) in [5, 5.41) is 4.38. The topological polar surface area (TPSA) is 39.6 Å². The predicted molar refractivity (Wildman–Crippen MR) is 150 cm³/mol. The van der Waals surface area contributed by atoms with Crippen LogP contribution in [0.3, 0.4) is 0 Å². The second-order valence-corrected chi connectivity index (χ2v) is 9.86. The molecule has 0 saturated carbocycles. The van der Waals surface area contributed by atoms with Gasteiger partial charge in [0.2, 0.25) is 0 Å². The molecule has 1 N–H and O–H groups in total. The minimum absolute atomic E-state index is 0.00450. The molecule has 0 radical (unpaired) electrons. The third-order valence-electron chi connectivity index (χ3n) is 7.01. The molecule has 0 amide bonds. The molecule has 4 rings (SSSR count). The van der Waals surface area contributed by atoms with E-state index in [1.54, 1.807) is 0 Å². The van der Waals surface area contributed by atoms with Gasteiger partial charge in [-0.05, 0) is 102 Å². The van der Waals surface area contributed by atoms with Crippen LogP contribution in [0.2, 0.25) is 0 Å². The molecule has 35 heavy (non-hydrogen) atoms. The fourth-order valence-corrected chi connectivity index (χ4v) is 5.51. The summed E-state index contributed by atoms with van der Waals surface area (Å²) >= 11 is 5.84. The van der Waals surface area contributed by atoms with Crippen molar-refractivity contribution in [3.63, 3.8) is 0 Å². The van der Waals surface area contributed by atoms with Gasteiger partial charge in [0.05, 0.1) is 17.8 Å². The van der Waals surface area contributed by atoms with Crippen LogP contribution in [-0.2, 0) is 0 Å². The molecule has 7 heteroatoms. The summed E-state index contributed by atoms with van der Waals surface area (Å²) in [4.78, 5) is 11.6. The minimum atomic E-state index is 0.00450. The highest BCUT2D eigenvalue weighted by Crippen LogP contribution is 2.41. The van der Waals surface area contributed by atoms with Gasteiger partial charge in [0.25, 0.3) is 0 Å². The van der Waals surface area contributed by atoms with Gasteiger partial charge >= 0.3 is 0 Å². The number of rotatable bonds is 9. The van der Waals surface area contributed by atoms with Gasteiger partial charge < -0.3 is 24.6 Å². The van der Waals surface area contributed by atoms with Gasteiger partial charge in [0.1, 0.15) is 0 Å². The minimum Gasteiger partial charge on any atom is -0.372 e. The third kappa shape index (κ3) is 5.07. The van der Waals surface area contributed by atoms with Gasteiger partial charge in [-0.15, -0.1) is 0 Å². The summed E-state index contributed by atoms with van der Waals surface area (Å²) in [6.45, 7) is 12.6. The summed E-state index contributed by atoms with van der Waals surface area (Å²) in [7, 11) is 4.21. The lowest BCUT2D eigenvalue weighted by Gasteiger charge is -2.29. The molecule has 2 aromatic heterocycles. The van der Waals surface area contributed by atoms with Crippen molar-refractivity contribution < 1.29 is 0 Å². The Labute approximate surface area is 215 Å². The number of anilines is 1. The smallest absolute Gasteiger partial charge is 0.170 e. The number of hydrogen-bond donors (Lipinski definition) is 1. The molecular formula is C28H38N6S. The van der Waals surface area contributed by atoms with Crippen molar-refractivity contribution in [2.75, 3.05) is 45.2 Å². The molecule has 1 fully saturated rings. The maximum atomic E-state index is 5.84. The van der Waals surface area contributed by atoms with Crippen LogP contribution in [-0.4, -0.2) is 64.7 Å². The van der Waals surface area contributed by atoms with E-state index in [-0.39, 0.29) is 12.1 Å². The second kappa shape index (κ2) is 10.8. The first kappa shape index (κ1) is 25.2. The quantitative estimate of drug-likeness (QED) is 0.432. The fourth-order valence-electron chi connectivity index (χ4n) is 5.18. The highest BCUT2D eigenvalue weighted by molar-refractivity contribution is 7.80. The van der Waals surface area contributed by atoms with E-state index >= 15 is 0 Å². The van der Waals surface area contributed by atoms with Gasteiger partial charge in [-0.25, -0.2) is 0 Å². The molecule has 1 aromatic carbocycles. The number of benzene rings is 1. The number of hydrogen-bond acceptors (Lipinski definition) is 4. The van der Waals surface area contributed by atoms with E-state index in [0.717, 1.165) is 37.0 Å². The predicted octanol–water partition coefficient (Wildman–Crippen LogP) is 4.87. The Hall–Kier alpha value is -2.90. The molecule has 0 aliphatic carbocycles. The van der Waals surface area contributed by atoms with Crippen molar-refractivity contribution in [1.29, 1.82) is 0 Å². The number of nitrogens with one attached hydrogen (secondary N) is 1. The lowest BCUT2D eigenvalue weighted by molar-refractivity contribution is 0.277. The van der Waals surface area contributed by atoms with Crippen LogP contribution in [0, 0.1) is 13.8 Å². The van der Waals surface area contributed by atoms with Crippen molar-refractivity contribution >= 4 is 23.0 Å². The molecule has 186 valence electrons. The number of thiocarbonyl (C=S) groups is 1. The van der Waals surface area contributed by atoms with Crippen LogP contribution in [0.25, 0.3) is 5.69 Å². The lowest BCUT2D eigenvalue weighted by Crippen LogP contribution is -2.35. The van der Waals surface area contributed by atoms with Crippen molar-refractivity contribution in [2.24, 2.45) is 0 Å². The Morgan fingerprint density at radius 2 is 1.74 bits per heavy atom. The molecule has 3 aromatic rings. The Morgan fingerprint density at radius 3 is 2.34 bits per heavy atom. The van der Waals surface area contributed by atoms with E-state index in [2.05, 4.69) is 108 Å². The first-order valence-corrected chi connectivity index (χ1v) is 12.9. The Morgan fingerprint density at radius 1 is 1.03 bits per heavy atom. The largest absolute Gasteiger partial charge is 0.372 e. The van der Waals surface area contributed by atoms with E-state index in [1.165, 1.54) is 28.3 Å². The van der Waals surface area contributed by atoms with Gasteiger partial charge in [0, 0.05) is 55.1 Å². The summed E-state index contributed by atoms with van der Waals surface area (Å²) in [6, 6.07) is 17.4. The zero-order valence-corrected chi connectivity index (χ0v) is 22.6. The van der Waals surface area contributed by atoms with Crippen LogP contribution in [0.4, 0.5) is 5.69 Å². The van der Waals surface area contributed by atoms with Crippen LogP contribution in [0.5, 0.6) is 0 Å². The van der Waals surface area contributed by atoms with Crippen molar-refractivity contribution in [2.45, 2.75) is 39.8 Å².